The molecule has 0 aliphatic rings. The Balaban J connectivity index is 1.66. The quantitative estimate of drug-likeness (QED) is 0.800. The first kappa shape index (κ1) is 14.9. The summed E-state index contributed by atoms with van der Waals surface area (Å²) < 4.78 is 0. The summed E-state index contributed by atoms with van der Waals surface area (Å²) in [4.78, 5) is 12.1. The van der Waals surface area contributed by atoms with Crippen molar-refractivity contribution >= 4 is 22.4 Å². The van der Waals surface area contributed by atoms with E-state index in [1.54, 1.807) is 24.3 Å². The summed E-state index contributed by atoms with van der Waals surface area (Å²) in [6.45, 7) is 0. The van der Waals surface area contributed by atoms with Crippen LogP contribution in [0.15, 0.2) is 54.6 Å². The molecule has 0 saturated heterocycles. The largest absolute Gasteiger partial charge is 0.296 e. The smallest absolute Gasteiger partial charge is 0.257 e. The van der Waals surface area contributed by atoms with E-state index in [4.69, 9.17) is 5.26 Å². The highest BCUT2D eigenvalue weighted by molar-refractivity contribution is 7.15. The van der Waals surface area contributed by atoms with Gasteiger partial charge in [0.05, 0.1) is 11.6 Å². The molecular weight excluding hydrogens is 308 g/mol. The van der Waals surface area contributed by atoms with Gasteiger partial charge < -0.3 is 0 Å². The molecule has 0 radical (unpaired) electrons. The number of amides is 1. The lowest BCUT2D eigenvalue weighted by atomic mass is 10.1. The molecule has 3 aromatic rings. The predicted molar refractivity (Wildman–Crippen MR) is 88.3 cm³/mol. The monoisotopic (exact) mass is 320 g/mol. The number of carbonyl (C=O) groups is 1. The summed E-state index contributed by atoms with van der Waals surface area (Å²) in [6.07, 6.45) is 0.686. The molecule has 3 rings (SSSR count). The van der Waals surface area contributed by atoms with E-state index in [9.17, 15) is 4.79 Å². The Labute approximate surface area is 137 Å². The molecule has 1 amide bonds. The van der Waals surface area contributed by atoms with Crippen LogP contribution in [0, 0.1) is 11.3 Å². The number of aromatic nitrogens is 2. The highest BCUT2D eigenvalue weighted by atomic mass is 32.1. The van der Waals surface area contributed by atoms with Crippen molar-refractivity contribution in [2.75, 3.05) is 5.32 Å². The lowest BCUT2D eigenvalue weighted by Gasteiger charge is -2.00. The van der Waals surface area contributed by atoms with Gasteiger partial charge in [-0.2, -0.15) is 5.26 Å². The zero-order chi connectivity index (χ0) is 16.1. The number of benzene rings is 2. The normalized spacial score (nSPS) is 10.0. The molecule has 0 aliphatic carbocycles. The number of nitriles is 1. The number of nitrogens with one attached hydrogen (secondary N) is 1. The third kappa shape index (κ3) is 3.78. The fourth-order valence-corrected chi connectivity index (χ4v) is 2.78. The van der Waals surface area contributed by atoms with Gasteiger partial charge in [0.1, 0.15) is 5.01 Å². The Morgan fingerprint density at radius 2 is 1.83 bits per heavy atom. The van der Waals surface area contributed by atoms with Crippen LogP contribution in [0.5, 0.6) is 0 Å². The lowest BCUT2D eigenvalue weighted by Crippen LogP contribution is -2.11. The zero-order valence-electron chi connectivity index (χ0n) is 12.1. The maximum absolute atomic E-state index is 12.1. The third-order valence-corrected chi connectivity index (χ3v) is 4.00. The van der Waals surface area contributed by atoms with Gasteiger partial charge in [-0.1, -0.05) is 41.7 Å². The van der Waals surface area contributed by atoms with Crippen molar-refractivity contribution in [3.63, 3.8) is 0 Å². The molecule has 112 valence electrons. The molecule has 0 atom stereocenters. The van der Waals surface area contributed by atoms with E-state index < -0.39 is 0 Å². The maximum Gasteiger partial charge on any atom is 0.257 e. The first-order valence-corrected chi connectivity index (χ1v) is 7.74. The minimum absolute atomic E-state index is 0.267. The molecule has 0 saturated carbocycles. The van der Waals surface area contributed by atoms with Crippen LogP contribution in [0.25, 0.3) is 0 Å². The molecular formula is C17H12N4OS. The van der Waals surface area contributed by atoms with Crippen molar-refractivity contribution in [3.8, 4) is 6.07 Å². The second kappa shape index (κ2) is 6.81. The van der Waals surface area contributed by atoms with Gasteiger partial charge in [0.25, 0.3) is 5.91 Å². The highest BCUT2D eigenvalue weighted by Gasteiger charge is 2.10. The summed E-state index contributed by atoms with van der Waals surface area (Å²) in [6, 6.07) is 18.4. The van der Waals surface area contributed by atoms with E-state index in [1.807, 2.05) is 36.4 Å². The number of hydrogen-bond donors (Lipinski definition) is 1. The standard InChI is InChI=1S/C17H12N4OS/c18-11-13-6-8-14(9-7-13)16(22)19-17-21-20-15(23-17)10-12-4-2-1-3-5-12/h1-9H,10H2,(H,19,21,22). The van der Waals surface area contributed by atoms with Gasteiger partial charge in [-0.3, -0.25) is 10.1 Å². The van der Waals surface area contributed by atoms with Gasteiger partial charge in [0, 0.05) is 12.0 Å². The van der Waals surface area contributed by atoms with Gasteiger partial charge in [-0.25, -0.2) is 0 Å². The molecule has 5 nitrogen and oxygen atoms in total. The summed E-state index contributed by atoms with van der Waals surface area (Å²) in [7, 11) is 0. The van der Waals surface area contributed by atoms with Crippen LogP contribution in [0.3, 0.4) is 0 Å². The van der Waals surface area contributed by atoms with Crippen molar-refractivity contribution in [1.82, 2.24) is 10.2 Å². The van der Waals surface area contributed by atoms with E-state index in [1.165, 1.54) is 11.3 Å². The fourth-order valence-electron chi connectivity index (χ4n) is 2.01. The minimum atomic E-state index is -0.267. The van der Waals surface area contributed by atoms with Crippen molar-refractivity contribution in [2.45, 2.75) is 6.42 Å². The van der Waals surface area contributed by atoms with Crippen LogP contribution in [0.1, 0.15) is 26.5 Å². The molecule has 0 spiro atoms. The molecule has 1 aromatic heterocycles. The van der Waals surface area contributed by atoms with Crippen LogP contribution in [0.2, 0.25) is 0 Å². The first-order valence-electron chi connectivity index (χ1n) is 6.92. The van der Waals surface area contributed by atoms with Crippen LogP contribution in [0.4, 0.5) is 5.13 Å². The van der Waals surface area contributed by atoms with Crippen LogP contribution in [-0.4, -0.2) is 16.1 Å². The van der Waals surface area contributed by atoms with Gasteiger partial charge in [0.15, 0.2) is 0 Å². The molecule has 6 heteroatoms. The van der Waals surface area contributed by atoms with Gasteiger partial charge in [-0.05, 0) is 29.8 Å². The molecule has 0 unspecified atom stereocenters. The average molecular weight is 320 g/mol. The number of hydrogen-bond acceptors (Lipinski definition) is 5. The SMILES string of the molecule is N#Cc1ccc(C(=O)Nc2nnc(Cc3ccccc3)s2)cc1. The summed E-state index contributed by atoms with van der Waals surface area (Å²) in [5.41, 5.74) is 2.14. The molecule has 1 heterocycles. The number of nitrogens with zero attached hydrogens (tertiary/aromatic N) is 3. The Morgan fingerprint density at radius 3 is 2.52 bits per heavy atom. The molecule has 1 N–H and O–H groups in total. The Morgan fingerprint density at radius 1 is 1.09 bits per heavy atom. The average Bonchev–Trinajstić information content (AvgIpc) is 3.02. The highest BCUT2D eigenvalue weighted by Crippen LogP contribution is 2.19. The first-order chi connectivity index (χ1) is 11.2. The van der Waals surface area contributed by atoms with E-state index in [0.29, 0.717) is 22.7 Å². The lowest BCUT2D eigenvalue weighted by molar-refractivity contribution is 0.102. The number of carbonyl (C=O) groups excluding carboxylic acids is 1. The third-order valence-electron chi connectivity index (χ3n) is 3.16. The molecule has 0 fully saturated rings. The van der Waals surface area contributed by atoms with E-state index in [2.05, 4.69) is 15.5 Å². The molecule has 0 bridgehead atoms. The maximum atomic E-state index is 12.1. The van der Waals surface area contributed by atoms with E-state index in [0.717, 1.165) is 10.6 Å². The van der Waals surface area contributed by atoms with Gasteiger partial charge in [0.2, 0.25) is 5.13 Å². The van der Waals surface area contributed by atoms with Crippen LogP contribution in [-0.2, 0) is 6.42 Å². The molecule has 0 aliphatic heterocycles. The zero-order valence-corrected chi connectivity index (χ0v) is 12.9. The Bertz CT molecular complexity index is 850. The van der Waals surface area contributed by atoms with Gasteiger partial charge in [-0.15, -0.1) is 10.2 Å². The van der Waals surface area contributed by atoms with Crippen molar-refractivity contribution in [2.24, 2.45) is 0 Å². The van der Waals surface area contributed by atoms with E-state index >= 15 is 0 Å². The summed E-state index contributed by atoms with van der Waals surface area (Å²) >= 11 is 1.35. The Kier molecular flexibility index (Phi) is 4.41. The van der Waals surface area contributed by atoms with E-state index in [-0.39, 0.29) is 5.91 Å². The Hall–Kier alpha value is -3.04. The molecule has 23 heavy (non-hydrogen) atoms. The minimum Gasteiger partial charge on any atom is -0.296 e. The predicted octanol–water partition coefficient (Wildman–Crippen LogP) is 3.25. The fraction of sp³-hybridized carbons (Fsp3) is 0.0588. The second-order valence-electron chi connectivity index (χ2n) is 4.81. The summed E-state index contributed by atoms with van der Waals surface area (Å²) in [5, 5.41) is 20.9. The second-order valence-corrected chi connectivity index (χ2v) is 5.87. The number of anilines is 1. The van der Waals surface area contributed by atoms with Crippen LogP contribution >= 0.6 is 11.3 Å². The summed E-state index contributed by atoms with van der Waals surface area (Å²) in [5.74, 6) is -0.267. The van der Waals surface area contributed by atoms with Crippen molar-refractivity contribution < 1.29 is 4.79 Å². The number of rotatable bonds is 4. The van der Waals surface area contributed by atoms with Crippen molar-refractivity contribution in [1.29, 1.82) is 5.26 Å². The topological polar surface area (TPSA) is 78.7 Å². The van der Waals surface area contributed by atoms with Gasteiger partial charge >= 0.3 is 0 Å². The van der Waals surface area contributed by atoms with Crippen LogP contribution < -0.4 is 5.32 Å². The van der Waals surface area contributed by atoms with Crippen molar-refractivity contribution in [3.05, 3.63) is 76.3 Å². The molecule has 2 aromatic carbocycles.